The van der Waals surface area contributed by atoms with Gasteiger partial charge in [0.1, 0.15) is 5.70 Å². The minimum Gasteiger partial charge on any atom is -0.465 e. The Labute approximate surface area is 190 Å². The van der Waals surface area contributed by atoms with E-state index >= 15 is 0 Å². The molecule has 1 aliphatic rings. The van der Waals surface area contributed by atoms with Crippen LogP contribution in [0.25, 0.3) is 0 Å². The van der Waals surface area contributed by atoms with Gasteiger partial charge in [-0.3, -0.25) is 0 Å². The third-order valence-corrected chi connectivity index (χ3v) is 4.55. The second-order valence-electron chi connectivity index (χ2n) is 6.65. The summed E-state index contributed by atoms with van der Waals surface area (Å²) in [6.45, 7) is 0. The second kappa shape index (κ2) is 9.77. The molecule has 0 unspecified atom stereocenters. The molecule has 1 aliphatic heterocycles. The van der Waals surface area contributed by atoms with E-state index in [2.05, 4.69) is 0 Å². The van der Waals surface area contributed by atoms with Crippen molar-refractivity contribution in [2.45, 2.75) is 6.18 Å². The maximum absolute atomic E-state index is 14.4. The van der Waals surface area contributed by atoms with Crippen molar-refractivity contribution < 1.29 is 45.8 Å². The van der Waals surface area contributed by atoms with E-state index in [1.165, 1.54) is 48.7 Å². The molecule has 6 nitrogen and oxygen atoms in total. The summed E-state index contributed by atoms with van der Waals surface area (Å²) in [4.78, 5) is 26.0. The van der Waals surface area contributed by atoms with Crippen LogP contribution in [0.4, 0.5) is 27.6 Å². The van der Waals surface area contributed by atoms with Crippen LogP contribution < -0.4 is 9.64 Å². The third-order valence-electron chi connectivity index (χ3n) is 4.55. The zero-order valence-corrected chi connectivity index (χ0v) is 17.7. The number of carbonyl (C=O) groups is 2. The molecule has 3 rings (SSSR count). The summed E-state index contributed by atoms with van der Waals surface area (Å²) in [6, 6.07) is 5.80. The smallest absolute Gasteiger partial charge is 0.416 e. The molecule has 0 atom stereocenters. The van der Waals surface area contributed by atoms with Crippen LogP contribution in [-0.4, -0.2) is 26.2 Å². The van der Waals surface area contributed by atoms with Gasteiger partial charge in [-0.15, -0.1) is 0 Å². The molecule has 0 saturated heterocycles. The number of hydrogen-bond acceptors (Lipinski definition) is 6. The number of allylic oxidation sites excluding steroid dienone is 2. The van der Waals surface area contributed by atoms with Crippen LogP contribution in [0.1, 0.15) is 5.56 Å². The van der Waals surface area contributed by atoms with E-state index in [1.807, 2.05) is 0 Å². The van der Waals surface area contributed by atoms with Crippen LogP contribution >= 0.6 is 0 Å². The fraction of sp³-hybridized carbons (Fsp3) is 0.130. The van der Waals surface area contributed by atoms with Gasteiger partial charge >= 0.3 is 18.1 Å². The highest BCUT2D eigenvalue weighted by molar-refractivity contribution is 6.05. The monoisotopic (exact) mass is 481 g/mol. The van der Waals surface area contributed by atoms with E-state index in [0.717, 1.165) is 19.1 Å². The maximum Gasteiger partial charge on any atom is 0.416 e. The SMILES string of the molecule is COC(=O)C1=C(C(=O)OC)N(c2ccccc2Oc2c(F)cc(C(F)(F)F)cc2F)C=CC=C1. The first kappa shape index (κ1) is 24.5. The summed E-state index contributed by atoms with van der Waals surface area (Å²) in [7, 11) is 2.18. The number of esters is 2. The predicted molar refractivity (Wildman–Crippen MR) is 110 cm³/mol. The molecule has 0 aliphatic carbocycles. The first-order valence-electron chi connectivity index (χ1n) is 9.46. The molecule has 1 heterocycles. The number of alkyl halides is 3. The molecule has 11 heteroatoms. The molecule has 0 spiro atoms. The van der Waals surface area contributed by atoms with Gasteiger partial charge in [-0.1, -0.05) is 18.2 Å². The highest BCUT2D eigenvalue weighted by Crippen LogP contribution is 2.40. The third kappa shape index (κ3) is 4.92. The molecule has 0 bridgehead atoms. The van der Waals surface area contributed by atoms with Crippen molar-refractivity contribution in [3.8, 4) is 11.5 Å². The van der Waals surface area contributed by atoms with Crippen LogP contribution in [0.15, 0.2) is 72.1 Å². The number of ether oxygens (including phenoxy) is 3. The summed E-state index contributed by atoms with van der Waals surface area (Å²) < 4.78 is 82.2. The van der Waals surface area contributed by atoms with Gasteiger partial charge in [-0.05, 0) is 36.4 Å². The molecule has 34 heavy (non-hydrogen) atoms. The molecule has 0 aromatic heterocycles. The number of methoxy groups -OCH3 is 2. The lowest BCUT2D eigenvalue weighted by Gasteiger charge is -2.25. The van der Waals surface area contributed by atoms with Gasteiger partial charge in [-0.25, -0.2) is 18.4 Å². The number of rotatable bonds is 5. The maximum atomic E-state index is 14.4. The van der Waals surface area contributed by atoms with Crippen molar-refractivity contribution in [3.05, 3.63) is 89.3 Å². The van der Waals surface area contributed by atoms with E-state index < -0.39 is 41.1 Å². The van der Waals surface area contributed by atoms with Gasteiger partial charge in [0.05, 0.1) is 31.0 Å². The number of anilines is 1. The van der Waals surface area contributed by atoms with Crippen molar-refractivity contribution in [3.63, 3.8) is 0 Å². The van der Waals surface area contributed by atoms with Gasteiger partial charge in [0, 0.05) is 6.20 Å². The fourth-order valence-electron chi connectivity index (χ4n) is 3.02. The van der Waals surface area contributed by atoms with E-state index in [9.17, 15) is 31.5 Å². The average Bonchev–Trinajstić information content (AvgIpc) is 3.03. The molecule has 0 amide bonds. The molecule has 2 aromatic carbocycles. The second-order valence-corrected chi connectivity index (χ2v) is 6.65. The fourth-order valence-corrected chi connectivity index (χ4v) is 3.02. The topological polar surface area (TPSA) is 65.1 Å². The molecule has 0 radical (unpaired) electrons. The van der Waals surface area contributed by atoms with Crippen molar-refractivity contribution >= 4 is 17.6 Å². The van der Waals surface area contributed by atoms with Crippen LogP contribution in [0.2, 0.25) is 0 Å². The Morgan fingerprint density at radius 3 is 2.12 bits per heavy atom. The largest absolute Gasteiger partial charge is 0.465 e. The van der Waals surface area contributed by atoms with Gasteiger partial charge in [0.15, 0.2) is 23.1 Å². The number of hydrogen-bond donors (Lipinski definition) is 0. The van der Waals surface area contributed by atoms with E-state index in [-0.39, 0.29) is 34.8 Å². The van der Waals surface area contributed by atoms with Crippen molar-refractivity contribution in [2.75, 3.05) is 19.1 Å². The highest BCUT2D eigenvalue weighted by Gasteiger charge is 2.34. The van der Waals surface area contributed by atoms with E-state index in [1.54, 1.807) is 0 Å². The minimum atomic E-state index is -4.97. The zero-order chi connectivity index (χ0) is 25.0. The average molecular weight is 481 g/mol. The van der Waals surface area contributed by atoms with Crippen LogP contribution in [0.5, 0.6) is 11.5 Å². The molecule has 178 valence electrons. The highest BCUT2D eigenvalue weighted by atomic mass is 19.4. The van der Waals surface area contributed by atoms with Crippen LogP contribution in [0, 0.1) is 11.6 Å². The summed E-state index contributed by atoms with van der Waals surface area (Å²) in [5.74, 6) is -6.32. The van der Waals surface area contributed by atoms with Gasteiger partial charge < -0.3 is 19.1 Å². The first-order valence-corrected chi connectivity index (χ1v) is 9.46. The van der Waals surface area contributed by atoms with Crippen molar-refractivity contribution in [1.82, 2.24) is 0 Å². The molecule has 0 saturated carbocycles. The number of halogens is 5. The van der Waals surface area contributed by atoms with Crippen LogP contribution in [0.3, 0.4) is 0 Å². The Bertz CT molecular complexity index is 1190. The Kier molecular flexibility index (Phi) is 7.04. The van der Waals surface area contributed by atoms with E-state index in [0.29, 0.717) is 0 Å². The Hall–Kier alpha value is -4.15. The Morgan fingerprint density at radius 2 is 1.53 bits per heavy atom. The Balaban J connectivity index is 2.14. The molecular formula is C23H16F5NO5. The van der Waals surface area contributed by atoms with Gasteiger partial charge in [0.25, 0.3) is 0 Å². The van der Waals surface area contributed by atoms with Crippen LogP contribution in [-0.2, 0) is 25.2 Å². The number of benzene rings is 2. The zero-order valence-electron chi connectivity index (χ0n) is 17.7. The quantitative estimate of drug-likeness (QED) is 0.429. The number of nitrogens with zero attached hydrogens (tertiary/aromatic N) is 1. The molecule has 0 N–H and O–H groups in total. The standard InChI is InChI=1S/C23H16F5NO5/c1-32-21(30)14-7-5-6-10-29(19(14)22(31)33-2)17-8-3-4-9-18(17)34-20-15(24)11-13(12-16(20)25)23(26,27)28/h3-12H,1-2H3. The minimum absolute atomic E-state index is 0.0166. The number of carbonyl (C=O) groups excluding carboxylic acids is 2. The molecule has 2 aromatic rings. The summed E-state index contributed by atoms with van der Waals surface area (Å²) in [5.41, 5.74) is -2.00. The van der Waals surface area contributed by atoms with E-state index in [4.69, 9.17) is 14.2 Å². The van der Waals surface area contributed by atoms with Gasteiger partial charge in [0.2, 0.25) is 0 Å². The number of para-hydroxylation sites is 2. The van der Waals surface area contributed by atoms with Gasteiger partial charge in [-0.2, -0.15) is 13.2 Å². The summed E-state index contributed by atoms with van der Waals surface area (Å²) in [6.07, 6.45) is 0.572. The summed E-state index contributed by atoms with van der Waals surface area (Å²) >= 11 is 0. The lowest BCUT2D eigenvalue weighted by molar-refractivity contribution is -0.139. The summed E-state index contributed by atoms with van der Waals surface area (Å²) in [5, 5.41) is 0. The van der Waals surface area contributed by atoms with Crippen molar-refractivity contribution in [1.29, 1.82) is 0 Å². The molecule has 0 fully saturated rings. The lowest BCUT2D eigenvalue weighted by atomic mass is 10.1. The first-order chi connectivity index (χ1) is 16.1. The molecular weight excluding hydrogens is 465 g/mol. The normalized spacial score (nSPS) is 13.6. The lowest BCUT2D eigenvalue weighted by Crippen LogP contribution is -2.27. The predicted octanol–water partition coefficient (Wildman–Crippen LogP) is 5.27. The Morgan fingerprint density at radius 1 is 0.912 bits per heavy atom. The van der Waals surface area contributed by atoms with Crippen molar-refractivity contribution in [2.24, 2.45) is 0 Å².